The van der Waals surface area contributed by atoms with Gasteiger partial charge in [0.25, 0.3) is 0 Å². The maximum atomic E-state index is 9.15. The van der Waals surface area contributed by atoms with Crippen molar-refractivity contribution in [2.75, 3.05) is 26.2 Å². The Morgan fingerprint density at radius 1 is 1.16 bits per heavy atom. The minimum Gasteiger partial charge on any atom is -0.489 e. The first-order valence-corrected chi connectivity index (χ1v) is 9.04. The summed E-state index contributed by atoms with van der Waals surface area (Å²) >= 11 is 0. The molecule has 144 valence electrons. The molecule has 5 nitrogen and oxygen atoms in total. The quantitative estimate of drug-likeness (QED) is 0.267. The summed E-state index contributed by atoms with van der Waals surface area (Å²) in [6.07, 6.45) is 3.06. The maximum absolute atomic E-state index is 9.15. The number of aliphatic hydroxyl groups excluding tert-OH is 1. The number of aliphatic imine (C=N–C) groups is 1. The van der Waals surface area contributed by atoms with Gasteiger partial charge < -0.3 is 20.5 Å². The van der Waals surface area contributed by atoms with Gasteiger partial charge in [0, 0.05) is 19.7 Å². The van der Waals surface area contributed by atoms with Crippen molar-refractivity contribution in [2.24, 2.45) is 10.9 Å². The molecule has 0 heterocycles. The minimum atomic E-state index is 0. The van der Waals surface area contributed by atoms with E-state index in [-0.39, 0.29) is 36.7 Å². The van der Waals surface area contributed by atoms with E-state index >= 15 is 0 Å². The Hall–Kier alpha value is -1.02. The second kappa shape index (κ2) is 15.3. The third-order valence-electron chi connectivity index (χ3n) is 3.72. The summed E-state index contributed by atoms with van der Waals surface area (Å²) in [5.74, 6) is 2.12. The standard InChI is InChI=1S/C19H33N3O2.HI/c1-4-9-17(12-13-23)15-22-19(20-5-2)21-14-16(3)24-18-10-7-6-8-11-18;/h6-8,10-11,16-17,23H,4-5,9,12-15H2,1-3H3,(H2,20,21,22);1H. The van der Waals surface area contributed by atoms with Crippen LogP contribution in [-0.2, 0) is 0 Å². The van der Waals surface area contributed by atoms with Crippen molar-refractivity contribution in [3.05, 3.63) is 30.3 Å². The molecule has 2 unspecified atom stereocenters. The van der Waals surface area contributed by atoms with E-state index in [0.717, 1.165) is 44.1 Å². The van der Waals surface area contributed by atoms with E-state index in [1.807, 2.05) is 37.3 Å². The molecule has 6 heteroatoms. The average Bonchev–Trinajstić information content (AvgIpc) is 2.58. The van der Waals surface area contributed by atoms with Gasteiger partial charge in [0.2, 0.25) is 0 Å². The molecule has 1 rings (SSSR count). The lowest BCUT2D eigenvalue weighted by atomic mass is 10.0. The molecule has 1 aromatic carbocycles. The second-order valence-electron chi connectivity index (χ2n) is 6.01. The second-order valence-corrected chi connectivity index (χ2v) is 6.01. The highest BCUT2D eigenvalue weighted by molar-refractivity contribution is 14.0. The van der Waals surface area contributed by atoms with Crippen LogP contribution in [-0.4, -0.2) is 43.4 Å². The van der Waals surface area contributed by atoms with Gasteiger partial charge in [-0.2, -0.15) is 0 Å². The van der Waals surface area contributed by atoms with Crippen molar-refractivity contribution < 1.29 is 9.84 Å². The molecular weight excluding hydrogens is 429 g/mol. The lowest BCUT2D eigenvalue weighted by Crippen LogP contribution is -2.42. The molecule has 0 fully saturated rings. The van der Waals surface area contributed by atoms with Crippen LogP contribution in [0.25, 0.3) is 0 Å². The Morgan fingerprint density at radius 2 is 1.88 bits per heavy atom. The monoisotopic (exact) mass is 463 g/mol. The molecule has 0 amide bonds. The normalized spacial score (nSPS) is 13.5. The highest BCUT2D eigenvalue weighted by Gasteiger charge is 2.09. The van der Waals surface area contributed by atoms with E-state index in [1.54, 1.807) is 0 Å². The number of halogens is 1. The number of para-hydroxylation sites is 1. The highest BCUT2D eigenvalue weighted by atomic mass is 127. The van der Waals surface area contributed by atoms with Gasteiger partial charge in [0.1, 0.15) is 11.9 Å². The molecule has 0 aliphatic carbocycles. The van der Waals surface area contributed by atoms with E-state index in [2.05, 4.69) is 29.5 Å². The number of nitrogens with one attached hydrogen (secondary N) is 2. The Labute approximate surface area is 169 Å². The fraction of sp³-hybridized carbons (Fsp3) is 0.632. The fourth-order valence-corrected chi connectivity index (χ4v) is 2.49. The van der Waals surface area contributed by atoms with Crippen LogP contribution in [0.4, 0.5) is 0 Å². The van der Waals surface area contributed by atoms with Crippen molar-refractivity contribution in [1.29, 1.82) is 0 Å². The molecule has 0 radical (unpaired) electrons. The van der Waals surface area contributed by atoms with Crippen molar-refractivity contribution in [3.8, 4) is 5.75 Å². The first-order valence-electron chi connectivity index (χ1n) is 9.04. The first-order chi connectivity index (χ1) is 11.7. The van der Waals surface area contributed by atoms with Crippen LogP contribution in [0.5, 0.6) is 5.75 Å². The number of hydrogen-bond donors (Lipinski definition) is 3. The van der Waals surface area contributed by atoms with Crippen LogP contribution in [0, 0.1) is 5.92 Å². The van der Waals surface area contributed by atoms with Crippen LogP contribution >= 0.6 is 24.0 Å². The van der Waals surface area contributed by atoms with Crippen LogP contribution in [0.2, 0.25) is 0 Å². The minimum absolute atomic E-state index is 0. The highest BCUT2D eigenvalue weighted by Crippen LogP contribution is 2.11. The molecule has 2 atom stereocenters. The number of rotatable bonds is 11. The SMILES string of the molecule is CCCC(CCO)CN=C(NCC)NCC(C)Oc1ccccc1.I. The van der Waals surface area contributed by atoms with E-state index in [0.29, 0.717) is 12.5 Å². The summed E-state index contributed by atoms with van der Waals surface area (Å²) in [5, 5.41) is 15.7. The molecule has 0 bridgehead atoms. The summed E-state index contributed by atoms with van der Waals surface area (Å²) in [6, 6.07) is 9.83. The Bertz CT molecular complexity index is 451. The largest absolute Gasteiger partial charge is 0.489 e. The number of nitrogens with zero attached hydrogens (tertiary/aromatic N) is 1. The number of guanidine groups is 1. The number of benzene rings is 1. The van der Waals surface area contributed by atoms with Crippen molar-refractivity contribution in [2.45, 2.75) is 46.1 Å². The van der Waals surface area contributed by atoms with Crippen LogP contribution in [0.1, 0.15) is 40.0 Å². The van der Waals surface area contributed by atoms with Crippen molar-refractivity contribution >= 4 is 29.9 Å². The predicted octanol–water partition coefficient (Wildman–Crippen LogP) is 3.43. The van der Waals surface area contributed by atoms with Crippen LogP contribution in [0.15, 0.2) is 35.3 Å². The molecule has 0 spiro atoms. The number of aliphatic hydroxyl groups is 1. The number of ether oxygens (including phenoxy) is 1. The molecule has 0 aromatic heterocycles. The maximum Gasteiger partial charge on any atom is 0.191 e. The molecular formula is C19H34IN3O2. The summed E-state index contributed by atoms with van der Waals surface area (Å²) in [6.45, 7) is 8.72. The summed E-state index contributed by atoms with van der Waals surface area (Å²) in [5.41, 5.74) is 0. The molecule has 0 aliphatic heterocycles. The lowest BCUT2D eigenvalue weighted by molar-refractivity contribution is 0.224. The zero-order chi connectivity index (χ0) is 17.6. The molecule has 3 N–H and O–H groups in total. The van der Waals surface area contributed by atoms with E-state index in [1.165, 1.54) is 0 Å². The van der Waals surface area contributed by atoms with Gasteiger partial charge in [-0.25, -0.2) is 0 Å². The zero-order valence-corrected chi connectivity index (χ0v) is 18.0. The van der Waals surface area contributed by atoms with Crippen molar-refractivity contribution in [3.63, 3.8) is 0 Å². The predicted molar refractivity (Wildman–Crippen MR) is 116 cm³/mol. The summed E-state index contributed by atoms with van der Waals surface area (Å²) in [4.78, 5) is 4.66. The van der Waals surface area contributed by atoms with Gasteiger partial charge >= 0.3 is 0 Å². The van der Waals surface area contributed by atoms with Gasteiger partial charge in [-0.15, -0.1) is 24.0 Å². The van der Waals surface area contributed by atoms with E-state index < -0.39 is 0 Å². The average molecular weight is 463 g/mol. The Balaban J connectivity index is 0.00000576. The van der Waals surface area contributed by atoms with Gasteiger partial charge in [0.15, 0.2) is 5.96 Å². The molecule has 1 aromatic rings. The molecule has 0 saturated carbocycles. The van der Waals surface area contributed by atoms with E-state index in [9.17, 15) is 0 Å². The fourth-order valence-electron chi connectivity index (χ4n) is 2.49. The first kappa shape index (κ1) is 24.0. The molecule has 0 saturated heterocycles. The van der Waals surface area contributed by atoms with Gasteiger partial charge in [-0.3, -0.25) is 4.99 Å². The Morgan fingerprint density at radius 3 is 2.48 bits per heavy atom. The lowest BCUT2D eigenvalue weighted by Gasteiger charge is -2.18. The molecule has 0 aliphatic rings. The smallest absolute Gasteiger partial charge is 0.191 e. The van der Waals surface area contributed by atoms with Crippen molar-refractivity contribution in [1.82, 2.24) is 10.6 Å². The zero-order valence-electron chi connectivity index (χ0n) is 15.7. The topological polar surface area (TPSA) is 65.9 Å². The van der Waals surface area contributed by atoms with E-state index in [4.69, 9.17) is 9.84 Å². The summed E-state index contributed by atoms with van der Waals surface area (Å²) in [7, 11) is 0. The molecule has 25 heavy (non-hydrogen) atoms. The van der Waals surface area contributed by atoms with Crippen LogP contribution < -0.4 is 15.4 Å². The van der Waals surface area contributed by atoms with Gasteiger partial charge in [0.05, 0.1) is 6.54 Å². The Kier molecular flexibility index (Phi) is 14.6. The summed E-state index contributed by atoms with van der Waals surface area (Å²) < 4.78 is 5.87. The van der Waals surface area contributed by atoms with Gasteiger partial charge in [-0.1, -0.05) is 31.5 Å². The third-order valence-corrected chi connectivity index (χ3v) is 3.72. The number of hydrogen-bond acceptors (Lipinski definition) is 3. The van der Waals surface area contributed by atoms with Gasteiger partial charge in [-0.05, 0) is 44.7 Å². The van der Waals surface area contributed by atoms with Crippen LogP contribution in [0.3, 0.4) is 0 Å². The third kappa shape index (κ3) is 11.3.